The second kappa shape index (κ2) is 10.4. The molecule has 1 aromatic carbocycles. The van der Waals surface area contributed by atoms with E-state index in [2.05, 4.69) is 29.3 Å². The molecule has 0 amide bonds. The molecule has 23 heavy (non-hydrogen) atoms. The maximum absolute atomic E-state index is 12.5. The number of nitrogens with one attached hydrogen (secondary N) is 1. The summed E-state index contributed by atoms with van der Waals surface area (Å²) in [5.41, 5.74) is 0.268. The lowest BCUT2D eigenvalue weighted by Gasteiger charge is -2.20. The van der Waals surface area contributed by atoms with Crippen LogP contribution in [0, 0.1) is 0 Å². The first-order valence-corrected chi connectivity index (χ1v) is 8.17. The van der Waals surface area contributed by atoms with Gasteiger partial charge in [-0.3, -0.25) is 4.90 Å². The third-order valence-electron chi connectivity index (χ3n) is 3.64. The van der Waals surface area contributed by atoms with Crippen molar-refractivity contribution in [2.75, 3.05) is 26.2 Å². The number of rotatable bonds is 10. The van der Waals surface area contributed by atoms with Gasteiger partial charge in [0.2, 0.25) is 0 Å². The summed E-state index contributed by atoms with van der Waals surface area (Å²) in [7, 11) is 0. The molecule has 0 radical (unpaired) electrons. The third-order valence-corrected chi connectivity index (χ3v) is 3.64. The van der Waals surface area contributed by atoms with E-state index < -0.39 is 11.7 Å². The van der Waals surface area contributed by atoms with E-state index in [9.17, 15) is 13.2 Å². The van der Waals surface area contributed by atoms with E-state index >= 15 is 0 Å². The van der Waals surface area contributed by atoms with Crippen molar-refractivity contribution in [2.45, 2.75) is 39.4 Å². The predicted molar refractivity (Wildman–Crippen MR) is 89.3 cm³/mol. The quantitative estimate of drug-likeness (QED) is 0.503. The highest BCUT2D eigenvalue weighted by Crippen LogP contribution is 2.28. The molecule has 1 aromatic rings. The minimum Gasteiger partial charge on any atom is -0.311 e. The van der Waals surface area contributed by atoms with E-state index in [1.165, 1.54) is 25.0 Å². The van der Waals surface area contributed by atoms with Crippen molar-refractivity contribution in [1.82, 2.24) is 10.2 Å². The zero-order chi connectivity index (χ0) is 17.1. The molecule has 0 atom stereocenters. The van der Waals surface area contributed by atoms with Gasteiger partial charge in [0.15, 0.2) is 0 Å². The molecule has 1 N–H and O–H groups in total. The first kappa shape index (κ1) is 19.7. The van der Waals surface area contributed by atoms with Gasteiger partial charge in [0, 0.05) is 26.2 Å². The third kappa shape index (κ3) is 8.18. The fraction of sp³-hybridized carbons (Fsp3) is 0.556. The molecule has 2 nitrogen and oxygen atoms in total. The largest absolute Gasteiger partial charge is 0.416 e. The summed E-state index contributed by atoms with van der Waals surface area (Å²) in [5.74, 6) is 0. The van der Waals surface area contributed by atoms with Crippen LogP contribution in [0.5, 0.6) is 0 Å². The van der Waals surface area contributed by atoms with Gasteiger partial charge in [-0.05, 0) is 37.6 Å². The van der Waals surface area contributed by atoms with Crippen LogP contribution in [0.4, 0.5) is 13.2 Å². The Morgan fingerprint density at radius 2 is 1.83 bits per heavy atom. The molecule has 0 saturated carbocycles. The van der Waals surface area contributed by atoms with Gasteiger partial charge in [0.05, 0.1) is 5.56 Å². The summed E-state index contributed by atoms with van der Waals surface area (Å²) in [6, 6.07) is 5.34. The van der Waals surface area contributed by atoms with Crippen LogP contribution in [0.1, 0.15) is 37.8 Å². The summed E-state index contributed by atoms with van der Waals surface area (Å²) >= 11 is 0. The van der Waals surface area contributed by atoms with Gasteiger partial charge in [-0.25, -0.2) is 0 Å². The number of hydrogen-bond donors (Lipinski definition) is 1. The molecular formula is C18H27F3N2. The molecule has 0 saturated heterocycles. The Balaban J connectivity index is 2.34. The Kier molecular flexibility index (Phi) is 8.95. The monoisotopic (exact) mass is 328 g/mol. The topological polar surface area (TPSA) is 15.3 Å². The Morgan fingerprint density at radius 3 is 2.39 bits per heavy atom. The van der Waals surface area contributed by atoms with Crippen LogP contribution in [-0.4, -0.2) is 31.1 Å². The SMILES string of the molecule is C/C=C/CN(CCCC)CCNCc1ccc(C(F)(F)F)cc1. The molecule has 5 heteroatoms. The van der Waals surface area contributed by atoms with Crippen LogP contribution < -0.4 is 5.32 Å². The van der Waals surface area contributed by atoms with E-state index in [0.717, 1.165) is 43.9 Å². The number of allylic oxidation sites excluding steroid dienone is 1. The Labute approximate surface area is 137 Å². The van der Waals surface area contributed by atoms with Crippen LogP contribution >= 0.6 is 0 Å². The van der Waals surface area contributed by atoms with Gasteiger partial charge >= 0.3 is 6.18 Å². The highest BCUT2D eigenvalue weighted by molar-refractivity contribution is 5.24. The zero-order valence-electron chi connectivity index (χ0n) is 14.0. The second-order valence-electron chi connectivity index (χ2n) is 5.59. The van der Waals surface area contributed by atoms with Crippen LogP contribution in [0.25, 0.3) is 0 Å². The molecule has 0 aliphatic carbocycles. The fourth-order valence-electron chi connectivity index (χ4n) is 2.21. The average Bonchev–Trinajstić information content (AvgIpc) is 2.53. The molecule has 0 spiro atoms. The van der Waals surface area contributed by atoms with Crippen LogP contribution in [0.2, 0.25) is 0 Å². The van der Waals surface area contributed by atoms with Gasteiger partial charge in [-0.2, -0.15) is 13.2 Å². The number of nitrogens with zero attached hydrogens (tertiary/aromatic N) is 1. The lowest BCUT2D eigenvalue weighted by atomic mass is 10.1. The molecular weight excluding hydrogens is 301 g/mol. The van der Waals surface area contributed by atoms with Gasteiger partial charge in [0.25, 0.3) is 0 Å². The number of halogens is 3. The van der Waals surface area contributed by atoms with Crippen molar-refractivity contribution >= 4 is 0 Å². The van der Waals surface area contributed by atoms with E-state index in [4.69, 9.17) is 0 Å². The van der Waals surface area contributed by atoms with Gasteiger partial charge in [-0.15, -0.1) is 0 Å². The summed E-state index contributed by atoms with van der Waals surface area (Å²) < 4.78 is 37.5. The highest BCUT2D eigenvalue weighted by Gasteiger charge is 2.29. The summed E-state index contributed by atoms with van der Waals surface area (Å²) in [4.78, 5) is 2.38. The fourth-order valence-corrected chi connectivity index (χ4v) is 2.21. The maximum atomic E-state index is 12.5. The van der Waals surface area contributed by atoms with Crippen LogP contribution in [-0.2, 0) is 12.7 Å². The van der Waals surface area contributed by atoms with E-state index in [-0.39, 0.29) is 0 Å². The molecule has 130 valence electrons. The molecule has 0 fully saturated rings. The lowest BCUT2D eigenvalue weighted by Crippen LogP contribution is -2.33. The molecule has 0 aromatic heterocycles. The molecule has 1 rings (SSSR count). The number of hydrogen-bond acceptors (Lipinski definition) is 2. The minimum atomic E-state index is -4.27. The maximum Gasteiger partial charge on any atom is 0.416 e. The van der Waals surface area contributed by atoms with Crippen molar-refractivity contribution < 1.29 is 13.2 Å². The molecule has 0 aliphatic rings. The van der Waals surface area contributed by atoms with Crippen LogP contribution in [0.3, 0.4) is 0 Å². The summed E-state index contributed by atoms with van der Waals surface area (Å²) in [6.45, 7) is 8.55. The number of alkyl halides is 3. The summed E-state index contributed by atoms with van der Waals surface area (Å²) in [5, 5.41) is 3.30. The van der Waals surface area contributed by atoms with E-state index in [0.29, 0.717) is 6.54 Å². The predicted octanol–water partition coefficient (Wildman–Crippen LogP) is 4.47. The molecule has 0 unspecified atom stereocenters. The van der Waals surface area contributed by atoms with E-state index in [1.54, 1.807) is 0 Å². The number of benzene rings is 1. The van der Waals surface area contributed by atoms with E-state index in [1.807, 2.05) is 6.92 Å². The van der Waals surface area contributed by atoms with Crippen molar-refractivity contribution in [2.24, 2.45) is 0 Å². The standard InChI is InChI=1S/C18H27F3N2/c1-3-5-12-23(13-6-4-2)14-11-22-15-16-7-9-17(10-8-16)18(19,20)21/h3,5,7-10,22H,4,6,11-15H2,1-2H3/b5-3+. The molecule has 0 heterocycles. The van der Waals surface area contributed by atoms with Gasteiger partial charge in [-0.1, -0.05) is 37.6 Å². The first-order chi connectivity index (χ1) is 11.0. The molecule has 0 bridgehead atoms. The molecule has 0 aliphatic heterocycles. The Bertz CT molecular complexity index is 452. The van der Waals surface area contributed by atoms with Gasteiger partial charge < -0.3 is 5.32 Å². The highest BCUT2D eigenvalue weighted by atomic mass is 19.4. The van der Waals surface area contributed by atoms with Crippen molar-refractivity contribution in [3.8, 4) is 0 Å². The zero-order valence-corrected chi connectivity index (χ0v) is 14.0. The van der Waals surface area contributed by atoms with Crippen LogP contribution in [0.15, 0.2) is 36.4 Å². The first-order valence-electron chi connectivity index (χ1n) is 8.17. The van der Waals surface area contributed by atoms with Crippen molar-refractivity contribution in [1.29, 1.82) is 0 Å². The Hall–Kier alpha value is -1.33. The van der Waals surface area contributed by atoms with Gasteiger partial charge in [0.1, 0.15) is 0 Å². The average molecular weight is 328 g/mol. The van der Waals surface area contributed by atoms with Crippen molar-refractivity contribution in [3.63, 3.8) is 0 Å². The van der Waals surface area contributed by atoms with Crippen molar-refractivity contribution in [3.05, 3.63) is 47.5 Å². The Morgan fingerprint density at radius 1 is 1.13 bits per heavy atom. The summed E-state index contributed by atoms with van der Waals surface area (Å²) in [6.07, 6.45) is 2.28. The number of unbranched alkanes of at least 4 members (excludes halogenated alkanes) is 1. The smallest absolute Gasteiger partial charge is 0.311 e. The minimum absolute atomic E-state index is 0.587. The second-order valence-corrected chi connectivity index (χ2v) is 5.59. The normalized spacial score (nSPS) is 12.4. The lowest BCUT2D eigenvalue weighted by molar-refractivity contribution is -0.137.